The monoisotopic (exact) mass is 259 g/mol. The third kappa shape index (κ3) is 2.76. The van der Waals surface area contributed by atoms with Gasteiger partial charge < -0.3 is 5.32 Å². The fraction of sp³-hybridized carbons (Fsp3) is 0.429. The molecule has 0 aliphatic heterocycles. The highest BCUT2D eigenvalue weighted by atomic mass is 32.1. The van der Waals surface area contributed by atoms with E-state index in [0.29, 0.717) is 0 Å². The second kappa shape index (κ2) is 4.78. The Morgan fingerprint density at radius 1 is 1.17 bits per heavy atom. The normalized spacial score (nSPS) is 15.0. The molecular formula is C14H17N3S. The van der Waals surface area contributed by atoms with Gasteiger partial charge in [-0.3, -0.25) is 0 Å². The quantitative estimate of drug-likeness (QED) is 0.917. The molecule has 0 atom stereocenters. The second-order valence-corrected chi connectivity index (χ2v) is 6.09. The summed E-state index contributed by atoms with van der Waals surface area (Å²) in [6.45, 7) is 5.09. The number of hydrogen-bond acceptors (Lipinski definition) is 4. The van der Waals surface area contributed by atoms with Crippen molar-refractivity contribution in [2.24, 2.45) is 0 Å². The van der Waals surface area contributed by atoms with Crippen molar-refractivity contribution in [2.45, 2.75) is 39.3 Å². The molecule has 1 saturated carbocycles. The van der Waals surface area contributed by atoms with Gasteiger partial charge in [0.25, 0.3) is 0 Å². The highest BCUT2D eigenvalue weighted by molar-refractivity contribution is 7.14. The van der Waals surface area contributed by atoms with E-state index in [1.807, 2.05) is 0 Å². The lowest BCUT2D eigenvalue weighted by Crippen LogP contribution is -2.14. The lowest BCUT2D eigenvalue weighted by atomic mass is 10.1. The molecule has 0 radical (unpaired) electrons. The van der Waals surface area contributed by atoms with Crippen LogP contribution < -0.4 is 5.32 Å². The van der Waals surface area contributed by atoms with E-state index in [1.165, 1.54) is 29.5 Å². The Kier molecular flexibility index (Phi) is 3.14. The molecule has 3 nitrogen and oxygen atoms in total. The van der Waals surface area contributed by atoms with Gasteiger partial charge in [0, 0.05) is 18.2 Å². The number of benzene rings is 1. The van der Waals surface area contributed by atoms with E-state index in [4.69, 9.17) is 0 Å². The molecule has 1 aliphatic rings. The van der Waals surface area contributed by atoms with Crippen LogP contribution in [0.25, 0.3) is 10.6 Å². The lowest BCUT2D eigenvalue weighted by molar-refractivity contribution is 0.679. The summed E-state index contributed by atoms with van der Waals surface area (Å²) in [5.41, 5.74) is 3.73. The maximum atomic E-state index is 4.30. The van der Waals surface area contributed by atoms with E-state index < -0.39 is 0 Å². The molecule has 0 saturated heterocycles. The Hall–Kier alpha value is -1.26. The fourth-order valence-electron chi connectivity index (χ4n) is 2.06. The molecule has 0 amide bonds. The predicted octanol–water partition coefficient (Wildman–Crippen LogP) is 3.07. The van der Waals surface area contributed by atoms with Crippen LogP contribution in [0.4, 0.5) is 0 Å². The number of aryl methyl sites for hydroxylation is 2. The molecule has 4 heteroatoms. The van der Waals surface area contributed by atoms with Gasteiger partial charge in [-0.1, -0.05) is 28.5 Å². The number of aromatic nitrogens is 2. The zero-order valence-electron chi connectivity index (χ0n) is 10.7. The summed E-state index contributed by atoms with van der Waals surface area (Å²) in [5.74, 6) is 0. The van der Waals surface area contributed by atoms with Gasteiger partial charge in [0.2, 0.25) is 0 Å². The molecule has 1 heterocycles. The summed E-state index contributed by atoms with van der Waals surface area (Å²) >= 11 is 1.69. The maximum Gasteiger partial charge on any atom is 0.147 e. The van der Waals surface area contributed by atoms with Crippen molar-refractivity contribution in [1.29, 1.82) is 0 Å². The van der Waals surface area contributed by atoms with E-state index in [9.17, 15) is 0 Å². The molecule has 2 aromatic rings. The average Bonchev–Trinajstić information content (AvgIpc) is 3.02. The molecule has 1 fully saturated rings. The summed E-state index contributed by atoms with van der Waals surface area (Å²) < 4.78 is 0. The fourth-order valence-corrected chi connectivity index (χ4v) is 2.84. The van der Waals surface area contributed by atoms with Crippen LogP contribution in [0.3, 0.4) is 0 Å². The summed E-state index contributed by atoms with van der Waals surface area (Å²) in [5, 5.41) is 14.1. The van der Waals surface area contributed by atoms with Crippen LogP contribution >= 0.6 is 11.3 Å². The van der Waals surface area contributed by atoms with Gasteiger partial charge in [0.05, 0.1) is 0 Å². The van der Waals surface area contributed by atoms with Crippen LogP contribution in [0, 0.1) is 13.8 Å². The third-order valence-corrected chi connectivity index (χ3v) is 4.03. The van der Waals surface area contributed by atoms with Crippen LogP contribution in [-0.4, -0.2) is 16.2 Å². The first-order valence-corrected chi connectivity index (χ1v) is 7.17. The van der Waals surface area contributed by atoms with E-state index in [-0.39, 0.29) is 0 Å². The Morgan fingerprint density at radius 2 is 1.89 bits per heavy atom. The molecule has 0 bridgehead atoms. The Bertz CT molecular complexity index is 538. The van der Waals surface area contributed by atoms with Gasteiger partial charge in [0.1, 0.15) is 10.0 Å². The smallest absolute Gasteiger partial charge is 0.147 e. The third-order valence-electron chi connectivity index (χ3n) is 3.05. The molecule has 0 spiro atoms. The van der Waals surface area contributed by atoms with Gasteiger partial charge in [-0.05, 0) is 38.8 Å². The van der Waals surface area contributed by atoms with Crippen molar-refractivity contribution < 1.29 is 0 Å². The minimum absolute atomic E-state index is 0.721. The minimum Gasteiger partial charge on any atom is -0.308 e. The Balaban J connectivity index is 1.78. The maximum absolute atomic E-state index is 4.30. The first-order chi connectivity index (χ1) is 8.70. The second-order valence-electron chi connectivity index (χ2n) is 5.03. The largest absolute Gasteiger partial charge is 0.308 e. The molecule has 1 N–H and O–H groups in total. The number of nitrogens with zero attached hydrogens (tertiary/aromatic N) is 2. The van der Waals surface area contributed by atoms with E-state index in [1.54, 1.807) is 11.3 Å². The van der Waals surface area contributed by atoms with Crippen molar-refractivity contribution in [3.8, 4) is 10.6 Å². The number of rotatable bonds is 4. The van der Waals surface area contributed by atoms with E-state index in [2.05, 4.69) is 47.6 Å². The van der Waals surface area contributed by atoms with E-state index in [0.717, 1.165) is 22.6 Å². The van der Waals surface area contributed by atoms with Crippen LogP contribution in [0.15, 0.2) is 18.2 Å². The molecule has 3 rings (SSSR count). The first-order valence-electron chi connectivity index (χ1n) is 6.35. The molecule has 18 heavy (non-hydrogen) atoms. The molecular weight excluding hydrogens is 242 g/mol. The molecule has 1 aliphatic carbocycles. The van der Waals surface area contributed by atoms with Crippen molar-refractivity contribution in [3.05, 3.63) is 34.3 Å². The van der Waals surface area contributed by atoms with E-state index >= 15 is 0 Å². The summed E-state index contributed by atoms with van der Waals surface area (Å²) in [6.07, 6.45) is 2.62. The predicted molar refractivity (Wildman–Crippen MR) is 74.7 cm³/mol. The van der Waals surface area contributed by atoms with Crippen molar-refractivity contribution in [3.63, 3.8) is 0 Å². The summed E-state index contributed by atoms with van der Waals surface area (Å²) in [7, 11) is 0. The Morgan fingerprint density at radius 3 is 2.56 bits per heavy atom. The van der Waals surface area contributed by atoms with Crippen molar-refractivity contribution in [2.75, 3.05) is 0 Å². The molecule has 0 unspecified atom stereocenters. The van der Waals surface area contributed by atoms with Gasteiger partial charge in [0.15, 0.2) is 0 Å². The van der Waals surface area contributed by atoms with Gasteiger partial charge in [-0.15, -0.1) is 10.2 Å². The van der Waals surface area contributed by atoms with Gasteiger partial charge in [-0.2, -0.15) is 0 Å². The number of hydrogen-bond donors (Lipinski definition) is 1. The first kappa shape index (κ1) is 11.8. The minimum atomic E-state index is 0.721. The number of nitrogens with one attached hydrogen (secondary N) is 1. The van der Waals surface area contributed by atoms with Crippen molar-refractivity contribution >= 4 is 11.3 Å². The topological polar surface area (TPSA) is 37.8 Å². The van der Waals surface area contributed by atoms with Crippen molar-refractivity contribution in [1.82, 2.24) is 15.5 Å². The lowest BCUT2D eigenvalue weighted by Gasteiger charge is -2.00. The van der Waals surface area contributed by atoms with Crippen LogP contribution in [0.2, 0.25) is 0 Å². The SMILES string of the molecule is Cc1cc(C)cc(-c2nnc(CNC3CC3)s2)c1. The molecule has 94 valence electrons. The van der Waals surface area contributed by atoms with Crippen LogP contribution in [0.1, 0.15) is 29.0 Å². The highest BCUT2D eigenvalue weighted by Crippen LogP contribution is 2.26. The van der Waals surface area contributed by atoms with Gasteiger partial charge >= 0.3 is 0 Å². The standard InChI is InChI=1S/C14H17N3S/c1-9-5-10(2)7-11(6-9)14-17-16-13(18-14)8-15-12-3-4-12/h5-7,12,15H,3-4,8H2,1-2H3. The average molecular weight is 259 g/mol. The zero-order valence-corrected chi connectivity index (χ0v) is 11.5. The summed E-state index contributed by atoms with van der Waals surface area (Å²) in [6, 6.07) is 7.25. The zero-order chi connectivity index (χ0) is 12.5. The van der Waals surface area contributed by atoms with Crippen LogP contribution in [0.5, 0.6) is 0 Å². The molecule has 1 aromatic heterocycles. The van der Waals surface area contributed by atoms with Crippen LogP contribution in [-0.2, 0) is 6.54 Å². The highest BCUT2D eigenvalue weighted by Gasteiger charge is 2.20. The van der Waals surface area contributed by atoms with Gasteiger partial charge in [-0.25, -0.2) is 0 Å². The molecule has 1 aromatic carbocycles. The Labute approximate surface area is 111 Å². The summed E-state index contributed by atoms with van der Waals surface area (Å²) in [4.78, 5) is 0.